The first kappa shape index (κ1) is 22.9. The van der Waals surface area contributed by atoms with Gasteiger partial charge in [-0.2, -0.15) is 0 Å². The Labute approximate surface area is 214 Å². The Morgan fingerprint density at radius 3 is 2.64 bits per heavy atom. The van der Waals surface area contributed by atoms with Crippen LogP contribution in [0.5, 0.6) is 11.5 Å². The minimum absolute atomic E-state index is 0.0424. The standard InChI is InChI=1S/C29H29N3O3S/c1-31-26-11-15-36-28(26)16-27(31)29(33)24-18-32(25-5-3-2-4-23(24)25)13-14-34-21-6-8-22(9-7-21)35-19-20-10-12-30-17-20/h2-9,11,15-16,18,20,30H,10,12-14,17,19H2,1H3/t20-/m1/s1. The van der Waals surface area contributed by atoms with Crippen LogP contribution in [0.2, 0.25) is 0 Å². The maximum Gasteiger partial charge on any atom is 0.211 e. The van der Waals surface area contributed by atoms with Crippen molar-refractivity contribution in [3.63, 3.8) is 0 Å². The van der Waals surface area contributed by atoms with Crippen LogP contribution < -0.4 is 14.8 Å². The lowest BCUT2D eigenvalue weighted by atomic mass is 10.1. The number of nitrogens with one attached hydrogen (secondary N) is 1. The van der Waals surface area contributed by atoms with Gasteiger partial charge in [-0.05, 0) is 60.8 Å². The zero-order valence-corrected chi connectivity index (χ0v) is 21.1. The van der Waals surface area contributed by atoms with E-state index in [1.807, 2.05) is 66.3 Å². The Morgan fingerprint density at radius 2 is 1.86 bits per heavy atom. The third-order valence-corrected chi connectivity index (χ3v) is 7.86. The number of para-hydroxylation sites is 1. The molecule has 1 fully saturated rings. The quantitative estimate of drug-likeness (QED) is 0.272. The number of hydrogen-bond donors (Lipinski definition) is 1. The molecule has 36 heavy (non-hydrogen) atoms. The number of rotatable bonds is 9. The minimum Gasteiger partial charge on any atom is -0.493 e. The van der Waals surface area contributed by atoms with E-state index >= 15 is 0 Å². The molecule has 184 valence electrons. The van der Waals surface area contributed by atoms with Gasteiger partial charge in [0.2, 0.25) is 5.78 Å². The van der Waals surface area contributed by atoms with Crippen LogP contribution in [0.3, 0.4) is 0 Å². The molecule has 0 unspecified atom stereocenters. The van der Waals surface area contributed by atoms with Crippen molar-refractivity contribution in [1.82, 2.24) is 14.5 Å². The van der Waals surface area contributed by atoms with E-state index in [0.29, 0.717) is 24.8 Å². The molecule has 7 heteroatoms. The van der Waals surface area contributed by atoms with Gasteiger partial charge in [0.15, 0.2) is 0 Å². The summed E-state index contributed by atoms with van der Waals surface area (Å²) in [5, 5.41) is 6.39. The summed E-state index contributed by atoms with van der Waals surface area (Å²) in [7, 11) is 1.96. The molecular weight excluding hydrogens is 470 g/mol. The second-order valence-corrected chi connectivity index (χ2v) is 10.3. The molecule has 3 aromatic heterocycles. The molecule has 1 saturated heterocycles. The number of ketones is 1. The Kier molecular flexibility index (Phi) is 6.25. The average molecular weight is 500 g/mol. The predicted octanol–water partition coefficient (Wildman–Crippen LogP) is 5.49. The van der Waals surface area contributed by atoms with Crippen molar-refractivity contribution in [1.29, 1.82) is 0 Å². The van der Waals surface area contributed by atoms with Crippen molar-refractivity contribution in [2.75, 3.05) is 26.3 Å². The monoisotopic (exact) mass is 499 g/mol. The van der Waals surface area contributed by atoms with Crippen LogP contribution in [0.4, 0.5) is 0 Å². The highest BCUT2D eigenvalue weighted by molar-refractivity contribution is 7.17. The SMILES string of the molecule is Cn1c(C(=O)c2cn(CCOc3ccc(OC[C@@H]4CCNC4)cc3)c3ccccc23)cc2sccc21. The van der Waals surface area contributed by atoms with Crippen LogP contribution in [0.1, 0.15) is 22.5 Å². The van der Waals surface area contributed by atoms with E-state index in [2.05, 4.69) is 27.4 Å². The second kappa shape index (κ2) is 9.84. The highest BCUT2D eigenvalue weighted by atomic mass is 32.1. The molecular formula is C29H29N3O3S. The summed E-state index contributed by atoms with van der Waals surface area (Å²) >= 11 is 1.66. The third-order valence-electron chi connectivity index (χ3n) is 7.00. The van der Waals surface area contributed by atoms with E-state index in [0.717, 1.165) is 57.9 Å². The maximum atomic E-state index is 13.6. The molecule has 6 rings (SSSR count). The molecule has 0 saturated carbocycles. The second-order valence-electron chi connectivity index (χ2n) is 9.33. The van der Waals surface area contributed by atoms with Gasteiger partial charge in [0.25, 0.3) is 0 Å². The first-order valence-corrected chi connectivity index (χ1v) is 13.3. The summed E-state index contributed by atoms with van der Waals surface area (Å²) in [6, 6.07) is 19.9. The fourth-order valence-corrected chi connectivity index (χ4v) is 5.83. The third kappa shape index (κ3) is 4.40. The number of aryl methyl sites for hydroxylation is 1. The van der Waals surface area contributed by atoms with E-state index in [1.54, 1.807) is 11.3 Å². The maximum absolute atomic E-state index is 13.6. The molecule has 2 aromatic carbocycles. The number of ether oxygens (including phenoxy) is 2. The number of aromatic nitrogens is 2. The van der Waals surface area contributed by atoms with Gasteiger partial charge >= 0.3 is 0 Å². The van der Waals surface area contributed by atoms with Crippen molar-refractivity contribution < 1.29 is 14.3 Å². The molecule has 1 atom stereocenters. The van der Waals surface area contributed by atoms with E-state index in [4.69, 9.17) is 9.47 Å². The predicted molar refractivity (Wildman–Crippen MR) is 145 cm³/mol. The first-order valence-electron chi connectivity index (χ1n) is 12.4. The molecule has 1 aliphatic rings. The summed E-state index contributed by atoms with van der Waals surface area (Å²) in [6.07, 6.45) is 3.14. The molecule has 0 bridgehead atoms. The van der Waals surface area contributed by atoms with Crippen LogP contribution in [-0.4, -0.2) is 41.2 Å². The van der Waals surface area contributed by atoms with Gasteiger partial charge in [-0.3, -0.25) is 4.79 Å². The fourth-order valence-electron chi connectivity index (χ4n) is 4.98. The molecule has 1 N–H and O–H groups in total. The Morgan fingerprint density at radius 1 is 1.06 bits per heavy atom. The Balaban J connectivity index is 1.14. The van der Waals surface area contributed by atoms with Crippen LogP contribution >= 0.6 is 11.3 Å². The number of carbonyl (C=O) groups is 1. The van der Waals surface area contributed by atoms with E-state index in [1.165, 1.54) is 6.42 Å². The van der Waals surface area contributed by atoms with E-state index < -0.39 is 0 Å². The van der Waals surface area contributed by atoms with Crippen LogP contribution in [-0.2, 0) is 13.6 Å². The number of thiophene rings is 1. The lowest BCUT2D eigenvalue weighted by molar-refractivity contribution is 0.103. The molecule has 0 amide bonds. The average Bonchev–Trinajstić information content (AvgIpc) is 3.70. The van der Waals surface area contributed by atoms with Gasteiger partial charge in [-0.25, -0.2) is 0 Å². The molecule has 1 aliphatic heterocycles. The summed E-state index contributed by atoms with van der Waals surface area (Å²) < 4.78 is 17.2. The lowest BCUT2D eigenvalue weighted by Gasteiger charge is -2.12. The summed E-state index contributed by atoms with van der Waals surface area (Å²) in [5.41, 5.74) is 3.55. The van der Waals surface area contributed by atoms with Crippen LogP contribution in [0.25, 0.3) is 21.1 Å². The first-order chi connectivity index (χ1) is 17.7. The summed E-state index contributed by atoms with van der Waals surface area (Å²) in [6.45, 7) is 4.00. The normalized spacial score (nSPS) is 15.6. The zero-order valence-electron chi connectivity index (χ0n) is 20.3. The molecule has 5 aromatic rings. The van der Waals surface area contributed by atoms with Crippen molar-refractivity contribution in [3.8, 4) is 11.5 Å². The van der Waals surface area contributed by atoms with Crippen molar-refractivity contribution in [3.05, 3.63) is 83.5 Å². The summed E-state index contributed by atoms with van der Waals surface area (Å²) in [5.74, 6) is 2.31. The lowest BCUT2D eigenvalue weighted by Crippen LogP contribution is -2.15. The van der Waals surface area contributed by atoms with E-state index in [9.17, 15) is 4.79 Å². The number of carbonyl (C=O) groups excluding carboxylic acids is 1. The fraction of sp³-hybridized carbons (Fsp3) is 0.276. The number of fused-ring (bicyclic) bond motifs is 2. The highest BCUT2D eigenvalue weighted by Crippen LogP contribution is 2.29. The van der Waals surface area contributed by atoms with Crippen LogP contribution in [0.15, 0.2) is 72.2 Å². The molecule has 6 nitrogen and oxygen atoms in total. The van der Waals surface area contributed by atoms with Gasteiger partial charge in [-0.1, -0.05) is 18.2 Å². The number of benzene rings is 2. The molecule has 0 aliphatic carbocycles. The van der Waals surface area contributed by atoms with Crippen LogP contribution in [0, 0.1) is 5.92 Å². The molecule has 0 spiro atoms. The van der Waals surface area contributed by atoms with Gasteiger partial charge in [0.05, 0.1) is 29.1 Å². The topological polar surface area (TPSA) is 57.4 Å². The van der Waals surface area contributed by atoms with Gasteiger partial charge in [-0.15, -0.1) is 11.3 Å². The number of hydrogen-bond acceptors (Lipinski definition) is 5. The van der Waals surface area contributed by atoms with Crippen molar-refractivity contribution >= 4 is 38.2 Å². The Bertz CT molecular complexity index is 1510. The molecule has 4 heterocycles. The smallest absolute Gasteiger partial charge is 0.211 e. The van der Waals surface area contributed by atoms with Crippen molar-refractivity contribution in [2.45, 2.75) is 13.0 Å². The zero-order chi connectivity index (χ0) is 24.5. The van der Waals surface area contributed by atoms with Gasteiger partial charge < -0.3 is 23.9 Å². The minimum atomic E-state index is 0.0424. The number of nitrogens with zero attached hydrogens (tertiary/aromatic N) is 2. The molecule has 0 radical (unpaired) electrons. The largest absolute Gasteiger partial charge is 0.493 e. The van der Waals surface area contributed by atoms with Gasteiger partial charge in [0, 0.05) is 42.2 Å². The van der Waals surface area contributed by atoms with Crippen molar-refractivity contribution in [2.24, 2.45) is 13.0 Å². The summed E-state index contributed by atoms with van der Waals surface area (Å²) in [4.78, 5) is 13.6. The van der Waals surface area contributed by atoms with Gasteiger partial charge in [0.1, 0.15) is 18.1 Å². The Hall–Kier alpha value is -3.55. The van der Waals surface area contributed by atoms with E-state index in [-0.39, 0.29) is 5.78 Å². The highest BCUT2D eigenvalue weighted by Gasteiger charge is 2.21.